The molecule has 0 radical (unpaired) electrons. The van der Waals surface area contributed by atoms with E-state index in [1.807, 2.05) is 0 Å². The van der Waals surface area contributed by atoms with Crippen LogP contribution in [0.25, 0.3) is 0 Å². The zero-order valence-electron chi connectivity index (χ0n) is 9.60. The summed E-state index contributed by atoms with van der Waals surface area (Å²) in [6.07, 6.45) is 2.83. The molecule has 0 fully saturated rings. The maximum absolute atomic E-state index is 11.1. The van der Waals surface area contributed by atoms with Crippen molar-refractivity contribution >= 4 is 15.7 Å². The van der Waals surface area contributed by atoms with Crippen molar-refractivity contribution in [2.45, 2.75) is 13.0 Å². The van der Waals surface area contributed by atoms with Gasteiger partial charge in [0.05, 0.1) is 12.9 Å². The highest BCUT2D eigenvalue weighted by molar-refractivity contribution is 7.90. The fourth-order valence-corrected chi connectivity index (χ4v) is 2.38. The molecule has 90 valence electrons. The van der Waals surface area contributed by atoms with Crippen LogP contribution < -0.4 is 10.1 Å². The molecule has 0 aliphatic heterocycles. The van der Waals surface area contributed by atoms with E-state index in [2.05, 4.69) is 10.3 Å². The molecule has 1 N–H and O–H groups in total. The quantitative estimate of drug-likeness (QED) is 0.834. The van der Waals surface area contributed by atoms with Gasteiger partial charge in [0.15, 0.2) is 11.6 Å². The maximum Gasteiger partial charge on any atom is 0.168 e. The van der Waals surface area contributed by atoms with Crippen LogP contribution in [0.1, 0.15) is 6.92 Å². The van der Waals surface area contributed by atoms with Crippen LogP contribution in [0.2, 0.25) is 0 Å². The molecule has 0 aliphatic rings. The molecule has 1 atom stereocenters. The van der Waals surface area contributed by atoms with Gasteiger partial charge < -0.3 is 10.1 Å². The van der Waals surface area contributed by atoms with Crippen LogP contribution in [-0.4, -0.2) is 38.6 Å². The number of sulfone groups is 1. The van der Waals surface area contributed by atoms with Crippen LogP contribution >= 0.6 is 0 Å². The minimum absolute atomic E-state index is 0.0622. The second-order valence-electron chi connectivity index (χ2n) is 3.69. The lowest BCUT2D eigenvalue weighted by molar-refractivity contribution is 0.414. The molecule has 0 bridgehead atoms. The number of nitrogens with zero attached hydrogens (tertiary/aromatic N) is 1. The van der Waals surface area contributed by atoms with Crippen molar-refractivity contribution in [2.75, 3.05) is 24.4 Å². The van der Waals surface area contributed by atoms with Gasteiger partial charge in [0.1, 0.15) is 9.84 Å². The van der Waals surface area contributed by atoms with Gasteiger partial charge in [0.2, 0.25) is 0 Å². The Balaban J connectivity index is 2.73. The van der Waals surface area contributed by atoms with Gasteiger partial charge in [-0.25, -0.2) is 13.4 Å². The lowest BCUT2D eigenvalue weighted by Crippen LogP contribution is -2.25. The molecule has 0 spiro atoms. The van der Waals surface area contributed by atoms with Gasteiger partial charge in [-0.3, -0.25) is 0 Å². The first-order chi connectivity index (χ1) is 7.42. The Hall–Kier alpha value is -1.30. The monoisotopic (exact) mass is 244 g/mol. The SMILES string of the molecule is COc1cccnc1NC(C)CS(C)(=O)=O. The summed E-state index contributed by atoms with van der Waals surface area (Å²) in [5.74, 6) is 1.22. The summed E-state index contributed by atoms with van der Waals surface area (Å²) in [4.78, 5) is 4.09. The predicted octanol–water partition coefficient (Wildman–Crippen LogP) is 0.935. The van der Waals surface area contributed by atoms with Gasteiger partial charge in [-0.2, -0.15) is 0 Å². The number of pyridine rings is 1. The van der Waals surface area contributed by atoms with Gasteiger partial charge in [-0.05, 0) is 19.1 Å². The second kappa shape index (κ2) is 5.16. The van der Waals surface area contributed by atoms with Gasteiger partial charge >= 0.3 is 0 Å². The van der Waals surface area contributed by atoms with E-state index in [4.69, 9.17) is 4.74 Å². The van der Waals surface area contributed by atoms with Gasteiger partial charge in [0, 0.05) is 18.5 Å². The van der Waals surface area contributed by atoms with Crippen molar-refractivity contribution in [2.24, 2.45) is 0 Å². The Labute approximate surface area is 95.8 Å². The van der Waals surface area contributed by atoms with Crippen molar-refractivity contribution in [3.8, 4) is 5.75 Å². The zero-order chi connectivity index (χ0) is 12.2. The molecule has 1 aromatic rings. The number of methoxy groups -OCH3 is 1. The zero-order valence-corrected chi connectivity index (χ0v) is 10.4. The summed E-state index contributed by atoms with van der Waals surface area (Å²) in [5, 5.41) is 3.00. The minimum atomic E-state index is -2.99. The molecule has 0 aromatic carbocycles. The average Bonchev–Trinajstić information content (AvgIpc) is 2.15. The summed E-state index contributed by atoms with van der Waals surface area (Å²) in [6.45, 7) is 1.79. The first-order valence-electron chi connectivity index (χ1n) is 4.85. The van der Waals surface area contributed by atoms with Crippen LogP contribution in [0.5, 0.6) is 5.75 Å². The van der Waals surface area contributed by atoms with Crippen LogP contribution in [0.4, 0.5) is 5.82 Å². The molecule has 1 unspecified atom stereocenters. The van der Waals surface area contributed by atoms with Gasteiger partial charge in [-0.1, -0.05) is 0 Å². The second-order valence-corrected chi connectivity index (χ2v) is 5.88. The van der Waals surface area contributed by atoms with E-state index < -0.39 is 9.84 Å². The fraction of sp³-hybridized carbons (Fsp3) is 0.500. The molecule has 16 heavy (non-hydrogen) atoms. The molecule has 1 aromatic heterocycles. The van der Waals surface area contributed by atoms with Crippen molar-refractivity contribution in [1.82, 2.24) is 4.98 Å². The van der Waals surface area contributed by atoms with E-state index in [1.165, 1.54) is 6.26 Å². The van der Waals surface area contributed by atoms with Crippen LogP contribution in [0.3, 0.4) is 0 Å². The number of hydrogen-bond donors (Lipinski definition) is 1. The number of nitrogens with one attached hydrogen (secondary N) is 1. The van der Waals surface area contributed by atoms with Crippen LogP contribution in [0.15, 0.2) is 18.3 Å². The normalized spacial score (nSPS) is 13.2. The number of ether oxygens (including phenoxy) is 1. The number of rotatable bonds is 5. The maximum atomic E-state index is 11.1. The molecular formula is C10H16N2O3S. The standard InChI is InChI=1S/C10H16N2O3S/c1-8(7-16(3,13)14)12-10-9(15-2)5-4-6-11-10/h4-6,8H,7H2,1-3H3,(H,11,12). The molecule has 0 saturated carbocycles. The summed E-state index contributed by atoms with van der Waals surface area (Å²) in [7, 11) is -1.45. The third-order valence-electron chi connectivity index (χ3n) is 1.93. The molecule has 5 nitrogen and oxygen atoms in total. The lowest BCUT2D eigenvalue weighted by atomic mass is 10.3. The molecular weight excluding hydrogens is 228 g/mol. The molecule has 0 aliphatic carbocycles. The number of anilines is 1. The van der Waals surface area contributed by atoms with Crippen LogP contribution in [-0.2, 0) is 9.84 Å². The molecule has 1 heterocycles. The average molecular weight is 244 g/mol. The smallest absolute Gasteiger partial charge is 0.168 e. The number of hydrogen-bond acceptors (Lipinski definition) is 5. The van der Waals surface area contributed by atoms with Crippen molar-refractivity contribution in [1.29, 1.82) is 0 Å². The topological polar surface area (TPSA) is 68.3 Å². The Bertz CT molecular complexity index is 445. The minimum Gasteiger partial charge on any atom is -0.493 e. The van der Waals surface area contributed by atoms with Crippen molar-refractivity contribution in [3.63, 3.8) is 0 Å². The van der Waals surface area contributed by atoms with E-state index in [1.54, 1.807) is 32.4 Å². The Morgan fingerprint density at radius 3 is 2.81 bits per heavy atom. The molecule has 0 saturated heterocycles. The Kier molecular flexibility index (Phi) is 4.12. The van der Waals surface area contributed by atoms with Crippen molar-refractivity contribution in [3.05, 3.63) is 18.3 Å². The van der Waals surface area contributed by atoms with E-state index in [-0.39, 0.29) is 11.8 Å². The summed E-state index contributed by atoms with van der Waals surface area (Å²) >= 11 is 0. The fourth-order valence-electron chi connectivity index (χ4n) is 1.39. The van der Waals surface area contributed by atoms with Gasteiger partial charge in [0.25, 0.3) is 0 Å². The third-order valence-corrected chi connectivity index (χ3v) is 3.03. The highest BCUT2D eigenvalue weighted by Crippen LogP contribution is 2.20. The molecule has 6 heteroatoms. The van der Waals surface area contributed by atoms with E-state index in [0.29, 0.717) is 11.6 Å². The predicted molar refractivity (Wildman–Crippen MR) is 63.6 cm³/mol. The summed E-state index contributed by atoms with van der Waals surface area (Å²) < 4.78 is 27.3. The molecule has 1 rings (SSSR count). The van der Waals surface area contributed by atoms with Gasteiger partial charge in [-0.15, -0.1) is 0 Å². The van der Waals surface area contributed by atoms with E-state index in [9.17, 15) is 8.42 Å². The van der Waals surface area contributed by atoms with Crippen molar-refractivity contribution < 1.29 is 13.2 Å². The number of aromatic nitrogens is 1. The largest absolute Gasteiger partial charge is 0.493 e. The first kappa shape index (κ1) is 12.8. The Morgan fingerprint density at radius 1 is 1.56 bits per heavy atom. The lowest BCUT2D eigenvalue weighted by Gasteiger charge is -2.15. The highest BCUT2D eigenvalue weighted by Gasteiger charge is 2.12. The van der Waals surface area contributed by atoms with E-state index >= 15 is 0 Å². The first-order valence-corrected chi connectivity index (χ1v) is 6.91. The van der Waals surface area contributed by atoms with Crippen LogP contribution in [0, 0.1) is 0 Å². The highest BCUT2D eigenvalue weighted by atomic mass is 32.2. The summed E-state index contributed by atoms with van der Waals surface area (Å²) in [5.41, 5.74) is 0. The van der Waals surface area contributed by atoms with E-state index in [0.717, 1.165) is 0 Å². The molecule has 0 amide bonds. The Morgan fingerprint density at radius 2 is 2.25 bits per heavy atom. The third kappa shape index (κ3) is 4.06. The summed E-state index contributed by atoms with van der Waals surface area (Å²) in [6, 6.07) is 3.31.